The number of hydrogen-bond donors (Lipinski definition) is 0. The van der Waals surface area contributed by atoms with Crippen molar-refractivity contribution in [1.29, 1.82) is 0 Å². The van der Waals surface area contributed by atoms with Crippen molar-refractivity contribution in [3.8, 4) is 0 Å². The van der Waals surface area contributed by atoms with Crippen LogP contribution in [0.25, 0.3) is 0 Å². The number of nitrogens with zero attached hydrogens (tertiary/aromatic N) is 1. The van der Waals surface area contributed by atoms with Crippen LogP contribution in [0.2, 0.25) is 0 Å². The van der Waals surface area contributed by atoms with Crippen molar-refractivity contribution >= 4 is 0 Å². The smallest absolute Gasteiger partial charge is 0.0787 e. The average molecular weight is 453 g/mol. The van der Waals surface area contributed by atoms with E-state index in [-0.39, 0.29) is 0 Å². The van der Waals surface area contributed by atoms with Crippen LogP contribution in [0.5, 0.6) is 0 Å². The van der Waals surface area contributed by atoms with Gasteiger partial charge in [-0.3, -0.25) is 0 Å². The van der Waals surface area contributed by atoms with Crippen LogP contribution in [0.15, 0.2) is 0 Å². The Bertz CT molecular complexity index is 399. The van der Waals surface area contributed by atoms with E-state index in [1.807, 2.05) is 0 Å². The van der Waals surface area contributed by atoms with E-state index >= 15 is 0 Å². The summed E-state index contributed by atoms with van der Waals surface area (Å²) in [4.78, 5) is 0. The molecule has 0 aromatic carbocycles. The fourth-order valence-corrected chi connectivity index (χ4v) is 5.68. The van der Waals surface area contributed by atoms with Crippen molar-refractivity contribution in [3.05, 3.63) is 0 Å². The Labute approximate surface area is 206 Å². The molecule has 2 unspecified atom stereocenters. The van der Waals surface area contributed by atoms with Crippen molar-refractivity contribution in [2.24, 2.45) is 22.7 Å². The van der Waals surface area contributed by atoms with Gasteiger partial charge in [0.05, 0.1) is 26.7 Å². The van der Waals surface area contributed by atoms with Gasteiger partial charge in [-0.05, 0) is 61.2 Å². The van der Waals surface area contributed by atoms with Gasteiger partial charge in [-0.25, -0.2) is 0 Å². The fraction of sp³-hybridized carbons (Fsp3) is 1.00. The van der Waals surface area contributed by atoms with Gasteiger partial charge in [-0.1, -0.05) is 114 Å². The zero-order chi connectivity index (χ0) is 24.7. The Balaban J connectivity index is 4.45. The van der Waals surface area contributed by atoms with E-state index in [9.17, 15) is 0 Å². The largest absolute Gasteiger partial charge is 0.326 e. The highest BCUT2D eigenvalue weighted by Crippen LogP contribution is 2.29. The summed E-state index contributed by atoms with van der Waals surface area (Å²) in [6.07, 6.45) is 19.9. The molecule has 0 fully saturated rings. The Kier molecular flexibility index (Phi) is 16.5. The molecular weight excluding hydrogens is 386 g/mol. The van der Waals surface area contributed by atoms with E-state index in [1.54, 1.807) is 0 Å². The van der Waals surface area contributed by atoms with Crippen LogP contribution in [0.4, 0.5) is 0 Å². The first-order valence-corrected chi connectivity index (χ1v) is 14.6. The van der Waals surface area contributed by atoms with E-state index in [1.165, 1.54) is 114 Å². The van der Waals surface area contributed by atoms with Crippen LogP contribution >= 0.6 is 0 Å². The fourth-order valence-electron chi connectivity index (χ4n) is 5.68. The van der Waals surface area contributed by atoms with Crippen LogP contribution in [-0.2, 0) is 0 Å². The molecular formula is C31H66N+. The SMILES string of the molecule is CCCCCCCCCCCC[N+](C)(CCC(C)CC(C)(C)C)CCC(C)CC(C)(C)C. The summed E-state index contributed by atoms with van der Waals surface area (Å²) in [6.45, 7) is 25.8. The molecule has 1 heteroatoms. The minimum Gasteiger partial charge on any atom is -0.326 e. The van der Waals surface area contributed by atoms with Gasteiger partial charge in [0.15, 0.2) is 0 Å². The van der Waals surface area contributed by atoms with E-state index in [0.29, 0.717) is 10.8 Å². The number of rotatable bonds is 19. The normalized spacial score (nSPS) is 16.7. The molecule has 0 saturated carbocycles. The molecule has 194 valence electrons. The second kappa shape index (κ2) is 16.6. The Hall–Kier alpha value is -0.0400. The first-order valence-electron chi connectivity index (χ1n) is 14.6. The Morgan fingerprint density at radius 3 is 1.22 bits per heavy atom. The molecule has 0 spiro atoms. The zero-order valence-corrected chi connectivity index (χ0v) is 24.6. The molecule has 0 amide bonds. The monoisotopic (exact) mass is 453 g/mol. The van der Waals surface area contributed by atoms with Gasteiger partial charge in [-0.2, -0.15) is 0 Å². The summed E-state index contributed by atoms with van der Waals surface area (Å²) < 4.78 is 1.31. The van der Waals surface area contributed by atoms with Crippen LogP contribution in [-0.4, -0.2) is 31.2 Å². The molecule has 0 N–H and O–H groups in total. The molecule has 0 bridgehead atoms. The molecule has 1 nitrogen and oxygen atoms in total. The van der Waals surface area contributed by atoms with E-state index < -0.39 is 0 Å². The van der Waals surface area contributed by atoms with Crippen molar-refractivity contribution in [2.75, 3.05) is 26.7 Å². The van der Waals surface area contributed by atoms with Gasteiger partial charge >= 0.3 is 0 Å². The van der Waals surface area contributed by atoms with Gasteiger partial charge in [0.2, 0.25) is 0 Å². The van der Waals surface area contributed by atoms with E-state index in [2.05, 4.69) is 69.4 Å². The van der Waals surface area contributed by atoms with Crippen LogP contribution in [0.1, 0.15) is 152 Å². The molecule has 0 saturated heterocycles. The molecule has 0 radical (unpaired) electrons. The zero-order valence-electron chi connectivity index (χ0n) is 24.6. The highest BCUT2D eigenvalue weighted by molar-refractivity contribution is 4.68. The highest BCUT2D eigenvalue weighted by atomic mass is 15.3. The molecule has 0 aliphatic heterocycles. The first-order chi connectivity index (χ1) is 14.8. The lowest BCUT2D eigenvalue weighted by Crippen LogP contribution is -2.47. The third-order valence-corrected chi connectivity index (χ3v) is 7.30. The summed E-state index contributed by atoms with van der Waals surface area (Å²) in [5.74, 6) is 1.68. The molecule has 2 atom stereocenters. The molecule has 32 heavy (non-hydrogen) atoms. The van der Waals surface area contributed by atoms with Gasteiger partial charge in [0.1, 0.15) is 0 Å². The van der Waals surface area contributed by atoms with Crippen LogP contribution in [0.3, 0.4) is 0 Å². The topological polar surface area (TPSA) is 0 Å². The third-order valence-electron chi connectivity index (χ3n) is 7.30. The maximum atomic E-state index is 2.57. The Morgan fingerprint density at radius 1 is 0.531 bits per heavy atom. The van der Waals surface area contributed by atoms with Gasteiger partial charge in [0.25, 0.3) is 0 Å². The second-order valence-corrected chi connectivity index (χ2v) is 14.3. The van der Waals surface area contributed by atoms with Crippen LogP contribution < -0.4 is 0 Å². The molecule has 0 aliphatic rings. The predicted molar refractivity (Wildman–Crippen MR) is 148 cm³/mol. The lowest BCUT2D eigenvalue weighted by atomic mass is 9.83. The maximum absolute atomic E-state index is 2.57. The van der Waals surface area contributed by atoms with Crippen LogP contribution in [0, 0.1) is 22.7 Å². The van der Waals surface area contributed by atoms with Crippen molar-refractivity contribution in [1.82, 2.24) is 0 Å². The summed E-state index contributed by atoms with van der Waals surface area (Å²) in [6, 6.07) is 0. The number of unbranched alkanes of at least 4 members (excludes halogenated alkanes) is 9. The summed E-state index contributed by atoms with van der Waals surface area (Å²) in [7, 11) is 2.57. The van der Waals surface area contributed by atoms with Gasteiger partial charge in [-0.15, -0.1) is 0 Å². The average Bonchev–Trinajstić information content (AvgIpc) is 2.64. The van der Waals surface area contributed by atoms with Gasteiger partial charge in [0, 0.05) is 0 Å². The quantitative estimate of drug-likeness (QED) is 0.135. The maximum Gasteiger partial charge on any atom is 0.0787 e. The minimum absolute atomic E-state index is 0.459. The highest BCUT2D eigenvalue weighted by Gasteiger charge is 2.25. The molecule has 0 aromatic heterocycles. The summed E-state index contributed by atoms with van der Waals surface area (Å²) in [5.41, 5.74) is 0.918. The van der Waals surface area contributed by atoms with Gasteiger partial charge < -0.3 is 4.48 Å². The third kappa shape index (κ3) is 20.6. The first kappa shape index (κ1) is 32.0. The van der Waals surface area contributed by atoms with E-state index in [0.717, 1.165) is 11.8 Å². The minimum atomic E-state index is 0.459. The van der Waals surface area contributed by atoms with Crippen molar-refractivity contribution in [2.45, 2.75) is 152 Å². The number of hydrogen-bond acceptors (Lipinski definition) is 0. The predicted octanol–water partition coefficient (Wildman–Crippen LogP) is 10.3. The Morgan fingerprint density at radius 2 is 0.875 bits per heavy atom. The lowest BCUT2D eigenvalue weighted by molar-refractivity contribution is -0.910. The summed E-state index contributed by atoms with van der Waals surface area (Å²) in [5, 5.41) is 0. The molecule has 0 rings (SSSR count). The molecule has 0 aromatic rings. The second-order valence-electron chi connectivity index (χ2n) is 14.3. The molecule has 0 aliphatic carbocycles. The van der Waals surface area contributed by atoms with E-state index in [4.69, 9.17) is 0 Å². The standard InChI is InChI=1S/C31H66N/c1-11-12-13-14-15-16-17-18-19-20-23-32(10,24-21-28(2)26-30(4,5)6)25-22-29(3)27-31(7,8)9/h28-29H,11-27H2,1-10H3/q+1. The van der Waals surface area contributed by atoms with Crippen molar-refractivity contribution < 1.29 is 4.48 Å². The van der Waals surface area contributed by atoms with Crippen molar-refractivity contribution in [3.63, 3.8) is 0 Å². The summed E-state index contributed by atoms with van der Waals surface area (Å²) >= 11 is 0. The number of quaternary nitrogens is 1. The lowest BCUT2D eigenvalue weighted by Gasteiger charge is -2.37. The molecule has 0 heterocycles.